The Kier molecular flexibility index (Phi) is 4.41. The molecule has 2 aromatic rings. The van der Waals surface area contributed by atoms with E-state index in [1.54, 1.807) is 23.2 Å². The molecule has 0 aliphatic carbocycles. The van der Waals surface area contributed by atoms with E-state index in [1.165, 1.54) is 4.40 Å². The van der Waals surface area contributed by atoms with E-state index >= 15 is 0 Å². The summed E-state index contributed by atoms with van der Waals surface area (Å²) in [5, 5.41) is 0. The molecule has 0 unspecified atom stereocenters. The van der Waals surface area contributed by atoms with Crippen molar-refractivity contribution in [3.05, 3.63) is 40.8 Å². The van der Waals surface area contributed by atoms with Crippen molar-refractivity contribution in [3.63, 3.8) is 0 Å². The lowest BCUT2D eigenvalue weighted by Crippen LogP contribution is -2.55. The highest BCUT2D eigenvalue weighted by atomic mass is 16.6. The molecule has 0 saturated carbocycles. The molecular formula is C18H24N4O3. The highest BCUT2D eigenvalue weighted by Gasteiger charge is 2.31. The molecule has 134 valence electrons. The van der Waals surface area contributed by atoms with Gasteiger partial charge in [0.2, 0.25) is 0 Å². The zero-order chi connectivity index (χ0) is 18.2. The fourth-order valence-electron chi connectivity index (χ4n) is 2.96. The number of aromatic nitrogens is 2. The minimum absolute atomic E-state index is 0.0281. The average Bonchev–Trinajstić information content (AvgIpc) is 2.53. The Morgan fingerprint density at radius 1 is 1.28 bits per heavy atom. The van der Waals surface area contributed by atoms with Crippen molar-refractivity contribution in [1.29, 1.82) is 0 Å². The minimum Gasteiger partial charge on any atom is -0.444 e. The van der Waals surface area contributed by atoms with E-state index in [4.69, 9.17) is 4.74 Å². The SMILES string of the molecule is C[C@@H]1CN(c2cc(=O)n3ccccc3n2)CCN1C(=O)OC(C)(C)C. The van der Waals surface area contributed by atoms with Crippen LogP contribution in [-0.2, 0) is 4.74 Å². The molecule has 1 atom stereocenters. The zero-order valence-corrected chi connectivity index (χ0v) is 15.1. The Morgan fingerprint density at radius 2 is 2.04 bits per heavy atom. The van der Waals surface area contributed by atoms with Gasteiger partial charge >= 0.3 is 6.09 Å². The van der Waals surface area contributed by atoms with Gasteiger partial charge in [-0.2, -0.15) is 0 Å². The Hall–Kier alpha value is -2.57. The van der Waals surface area contributed by atoms with Crippen molar-refractivity contribution in [1.82, 2.24) is 14.3 Å². The molecule has 1 aliphatic rings. The maximum absolute atomic E-state index is 12.3. The lowest BCUT2D eigenvalue weighted by atomic mass is 10.2. The molecule has 7 nitrogen and oxygen atoms in total. The standard InChI is InChI=1S/C18H24N4O3/c1-13-12-20(9-10-21(13)17(24)25-18(2,3)4)15-11-16(23)22-8-6-5-7-14(22)19-15/h5-8,11,13H,9-10,12H2,1-4H3/t13-/m1/s1. The Balaban J connectivity index is 1.77. The van der Waals surface area contributed by atoms with Crippen molar-refractivity contribution in [2.75, 3.05) is 24.5 Å². The largest absolute Gasteiger partial charge is 0.444 e. The van der Waals surface area contributed by atoms with Gasteiger partial charge in [0, 0.05) is 37.9 Å². The second-order valence-corrected chi connectivity index (χ2v) is 7.35. The second-order valence-electron chi connectivity index (χ2n) is 7.35. The summed E-state index contributed by atoms with van der Waals surface area (Å²) in [6, 6.07) is 6.99. The fraction of sp³-hybridized carbons (Fsp3) is 0.500. The van der Waals surface area contributed by atoms with Crippen molar-refractivity contribution in [3.8, 4) is 0 Å². The number of hydrogen-bond acceptors (Lipinski definition) is 5. The quantitative estimate of drug-likeness (QED) is 0.793. The summed E-state index contributed by atoms with van der Waals surface area (Å²) in [5.74, 6) is 0.645. The molecule has 0 bridgehead atoms. The predicted molar refractivity (Wildman–Crippen MR) is 96.1 cm³/mol. The maximum Gasteiger partial charge on any atom is 0.410 e. The topological polar surface area (TPSA) is 67.2 Å². The number of ether oxygens (including phenoxy) is 1. The van der Waals surface area contributed by atoms with E-state index in [1.807, 2.05) is 44.7 Å². The van der Waals surface area contributed by atoms with Crippen LogP contribution in [0.2, 0.25) is 0 Å². The Morgan fingerprint density at radius 3 is 2.72 bits per heavy atom. The van der Waals surface area contributed by atoms with E-state index in [-0.39, 0.29) is 17.7 Å². The van der Waals surface area contributed by atoms with Crippen LogP contribution in [0.4, 0.5) is 10.6 Å². The Bertz CT molecular complexity index is 840. The van der Waals surface area contributed by atoms with E-state index in [0.29, 0.717) is 31.1 Å². The average molecular weight is 344 g/mol. The second kappa shape index (κ2) is 6.38. The van der Waals surface area contributed by atoms with Crippen LogP contribution in [0.3, 0.4) is 0 Å². The summed E-state index contributed by atoms with van der Waals surface area (Å²) in [5.41, 5.74) is -0.00208. The van der Waals surface area contributed by atoms with Gasteiger partial charge in [-0.25, -0.2) is 9.78 Å². The monoisotopic (exact) mass is 344 g/mol. The molecule has 2 aromatic heterocycles. The summed E-state index contributed by atoms with van der Waals surface area (Å²) in [6.07, 6.45) is 1.41. The number of piperazine rings is 1. The number of anilines is 1. The van der Waals surface area contributed by atoms with Crippen LogP contribution < -0.4 is 10.5 Å². The van der Waals surface area contributed by atoms with Gasteiger partial charge in [-0.15, -0.1) is 0 Å². The summed E-state index contributed by atoms with van der Waals surface area (Å²) in [4.78, 5) is 32.9. The van der Waals surface area contributed by atoms with E-state index in [9.17, 15) is 9.59 Å². The molecule has 1 saturated heterocycles. The van der Waals surface area contributed by atoms with Gasteiger partial charge in [0.25, 0.3) is 5.56 Å². The summed E-state index contributed by atoms with van der Waals surface area (Å²) in [7, 11) is 0. The number of hydrogen-bond donors (Lipinski definition) is 0. The van der Waals surface area contributed by atoms with Gasteiger partial charge in [0.15, 0.2) is 0 Å². The molecule has 3 rings (SSSR count). The molecule has 1 amide bonds. The molecule has 3 heterocycles. The van der Waals surface area contributed by atoms with Crippen LogP contribution in [0.15, 0.2) is 35.3 Å². The number of carbonyl (C=O) groups is 1. The molecular weight excluding hydrogens is 320 g/mol. The molecule has 1 fully saturated rings. The maximum atomic E-state index is 12.3. The van der Waals surface area contributed by atoms with Gasteiger partial charge in [-0.3, -0.25) is 9.20 Å². The highest BCUT2D eigenvalue weighted by molar-refractivity contribution is 5.69. The van der Waals surface area contributed by atoms with Crippen LogP contribution in [0.5, 0.6) is 0 Å². The van der Waals surface area contributed by atoms with Gasteiger partial charge < -0.3 is 14.5 Å². The third kappa shape index (κ3) is 3.75. The number of carbonyl (C=O) groups excluding carboxylic acids is 1. The fourth-order valence-corrected chi connectivity index (χ4v) is 2.96. The van der Waals surface area contributed by atoms with Crippen LogP contribution in [-0.4, -0.2) is 51.7 Å². The number of fused-ring (bicyclic) bond motifs is 1. The molecule has 0 radical (unpaired) electrons. The first-order valence-electron chi connectivity index (χ1n) is 8.47. The lowest BCUT2D eigenvalue weighted by molar-refractivity contribution is 0.0158. The van der Waals surface area contributed by atoms with Gasteiger partial charge in [0.1, 0.15) is 17.1 Å². The Labute approximate surface area is 146 Å². The number of rotatable bonds is 1. The van der Waals surface area contributed by atoms with Crippen molar-refractivity contribution >= 4 is 17.6 Å². The number of nitrogens with zero attached hydrogens (tertiary/aromatic N) is 4. The third-order valence-corrected chi connectivity index (χ3v) is 4.14. The van der Waals surface area contributed by atoms with E-state index in [2.05, 4.69) is 4.98 Å². The van der Waals surface area contributed by atoms with Crippen LogP contribution >= 0.6 is 0 Å². The summed E-state index contributed by atoms with van der Waals surface area (Å²) >= 11 is 0. The molecule has 0 aromatic carbocycles. The normalized spacial score (nSPS) is 18.5. The molecule has 0 N–H and O–H groups in total. The minimum atomic E-state index is -0.511. The van der Waals surface area contributed by atoms with Crippen LogP contribution in [0, 0.1) is 0 Å². The van der Waals surface area contributed by atoms with Gasteiger partial charge in [-0.1, -0.05) is 6.07 Å². The van der Waals surface area contributed by atoms with Crippen LogP contribution in [0.1, 0.15) is 27.7 Å². The van der Waals surface area contributed by atoms with E-state index in [0.717, 1.165) is 0 Å². The van der Waals surface area contributed by atoms with Crippen molar-refractivity contribution in [2.45, 2.75) is 39.3 Å². The first kappa shape index (κ1) is 17.3. The predicted octanol–water partition coefficient (Wildman–Crippen LogP) is 2.14. The zero-order valence-electron chi connectivity index (χ0n) is 15.1. The molecule has 25 heavy (non-hydrogen) atoms. The molecule has 0 spiro atoms. The van der Waals surface area contributed by atoms with Crippen molar-refractivity contribution in [2.24, 2.45) is 0 Å². The number of amides is 1. The summed E-state index contributed by atoms with van der Waals surface area (Å²) in [6.45, 7) is 9.30. The summed E-state index contributed by atoms with van der Waals surface area (Å²) < 4.78 is 6.98. The van der Waals surface area contributed by atoms with E-state index < -0.39 is 5.60 Å². The number of pyridine rings is 1. The molecule has 7 heteroatoms. The van der Waals surface area contributed by atoms with Crippen LogP contribution in [0.25, 0.3) is 5.65 Å². The third-order valence-electron chi connectivity index (χ3n) is 4.14. The van der Waals surface area contributed by atoms with Crippen molar-refractivity contribution < 1.29 is 9.53 Å². The van der Waals surface area contributed by atoms with Gasteiger partial charge in [-0.05, 0) is 39.8 Å². The smallest absolute Gasteiger partial charge is 0.410 e. The van der Waals surface area contributed by atoms with Gasteiger partial charge in [0.05, 0.1) is 0 Å². The highest BCUT2D eigenvalue weighted by Crippen LogP contribution is 2.19. The lowest BCUT2D eigenvalue weighted by Gasteiger charge is -2.40. The first-order chi connectivity index (χ1) is 11.7. The molecule has 1 aliphatic heterocycles. The first-order valence-corrected chi connectivity index (χ1v) is 8.47.